The molecule has 1 saturated carbocycles. The summed E-state index contributed by atoms with van der Waals surface area (Å²) >= 11 is 0. The Hall–Kier alpha value is -0.150. The van der Waals surface area contributed by atoms with E-state index in [1.807, 2.05) is 0 Å². The zero-order valence-electron chi connectivity index (χ0n) is 5.76. The Labute approximate surface area is 59.4 Å². The molecule has 0 bridgehead atoms. The molecule has 0 spiro atoms. The number of halogens is 1. The highest BCUT2D eigenvalue weighted by Crippen LogP contribution is 2.36. The maximum atomic E-state index is 12.8. The Bertz CT molecular complexity index is 140. The van der Waals surface area contributed by atoms with Crippen molar-refractivity contribution in [2.45, 2.75) is 18.7 Å². The summed E-state index contributed by atoms with van der Waals surface area (Å²) in [5, 5.41) is 12.4. The standard InChI is InChI=1S/C7H12FNO/c8-6-1-4-2-9-3-5(4)7(6)10/h4-7,9-10H,1-3H2/t4-,5+,6+,7+/m1/s1. The van der Waals surface area contributed by atoms with E-state index in [-0.39, 0.29) is 5.92 Å². The minimum atomic E-state index is -0.961. The smallest absolute Gasteiger partial charge is 0.127 e. The molecule has 0 radical (unpaired) electrons. The normalized spacial score (nSPS) is 53.4. The lowest BCUT2D eigenvalue weighted by molar-refractivity contribution is 0.0709. The van der Waals surface area contributed by atoms with Gasteiger partial charge in [-0.3, -0.25) is 0 Å². The first-order valence-corrected chi connectivity index (χ1v) is 3.82. The van der Waals surface area contributed by atoms with Crippen LogP contribution in [0.2, 0.25) is 0 Å². The van der Waals surface area contributed by atoms with Crippen LogP contribution >= 0.6 is 0 Å². The average molecular weight is 145 g/mol. The van der Waals surface area contributed by atoms with E-state index in [1.54, 1.807) is 0 Å². The van der Waals surface area contributed by atoms with Gasteiger partial charge in [0, 0.05) is 12.5 Å². The van der Waals surface area contributed by atoms with Crippen LogP contribution < -0.4 is 5.32 Å². The molecule has 2 rings (SSSR count). The van der Waals surface area contributed by atoms with Crippen LogP contribution in [0, 0.1) is 11.8 Å². The Morgan fingerprint density at radius 1 is 1.40 bits per heavy atom. The minimum absolute atomic E-state index is 0.190. The zero-order valence-corrected chi connectivity index (χ0v) is 5.76. The van der Waals surface area contributed by atoms with Crippen molar-refractivity contribution < 1.29 is 9.50 Å². The first-order chi connectivity index (χ1) is 4.79. The minimum Gasteiger partial charge on any atom is -0.390 e. The average Bonchev–Trinajstić information content (AvgIpc) is 2.41. The topological polar surface area (TPSA) is 32.3 Å². The van der Waals surface area contributed by atoms with Gasteiger partial charge in [-0.2, -0.15) is 0 Å². The van der Waals surface area contributed by atoms with Gasteiger partial charge in [-0.05, 0) is 18.9 Å². The van der Waals surface area contributed by atoms with Gasteiger partial charge in [0.1, 0.15) is 6.17 Å². The van der Waals surface area contributed by atoms with Crippen LogP contribution in [0.4, 0.5) is 4.39 Å². The molecule has 1 aliphatic carbocycles. The fourth-order valence-electron chi connectivity index (χ4n) is 2.11. The van der Waals surface area contributed by atoms with Gasteiger partial charge in [-0.1, -0.05) is 0 Å². The molecule has 1 heterocycles. The first kappa shape index (κ1) is 6.55. The molecule has 2 nitrogen and oxygen atoms in total. The van der Waals surface area contributed by atoms with Crippen molar-refractivity contribution in [2.75, 3.05) is 13.1 Å². The van der Waals surface area contributed by atoms with Gasteiger partial charge in [-0.15, -0.1) is 0 Å². The van der Waals surface area contributed by atoms with E-state index < -0.39 is 12.3 Å². The molecular weight excluding hydrogens is 133 g/mol. The quantitative estimate of drug-likeness (QED) is 0.500. The summed E-state index contributed by atoms with van der Waals surface area (Å²) in [6, 6.07) is 0. The number of aliphatic hydroxyl groups excluding tert-OH is 1. The van der Waals surface area contributed by atoms with E-state index >= 15 is 0 Å². The van der Waals surface area contributed by atoms with Gasteiger partial charge < -0.3 is 10.4 Å². The molecule has 2 fully saturated rings. The SMILES string of the molecule is O[C@H]1[C@H]2CNC[C@H]2C[C@@H]1F. The summed E-state index contributed by atoms with van der Waals surface area (Å²) < 4.78 is 12.8. The van der Waals surface area contributed by atoms with Crippen molar-refractivity contribution in [3.05, 3.63) is 0 Å². The predicted octanol–water partition coefficient (Wildman–Crippen LogP) is -0.0753. The number of aliphatic hydroxyl groups is 1. The van der Waals surface area contributed by atoms with E-state index in [2.05, 4.69) is 5.32 Å². The molecule has 0 aromatic heterocycles. The summed E-state index contributed by atoms with van der Waals surface area (Å²) in [6.45, 7) is 1.69. The number of fused-ring (bicyclic) bond motifs is 1. The monoisotopic (exact) mass is 145 g/mol. The summed E-state index contributed by atoms with van der Waals surface area (Å²) in [4.78, 5) is 0. The van der Waals surface area contributed by atoms with Crippen LogP contribution in [0.5, 0.6) is 0 Å². The Morgan fingerprint density at radius 3 is 2.90 bits per heavy atom. The molecule has 1 saturated heterocycles. The van der Waals surface area contributed by atoms with Crippen molar-refractivity contribution >= 4 is 0 Å². The van der Waals surface area contributed by atoms with Crippen molar-refractivity contribution in [3.8, 4) is 0 Å². The van der Waals surface area contributed by atoms with E-state index in [9.17, 15) is 9.50 Å². The first-order valence-electron chi connectivity index (χ1n) is 3.82. The number of hydrogen-bond acceptors (Lipinski definition) is 2. The molecule has 1 aliphatic heterocycles. The number of hydrogen-bond donors (Lipinski definition) is 2. The third kappa shape index (κ3) is 0.772. The second-order valence-electron chi connectivity index (χ2n) is 3.32. The molecule has 2 aliphatic rings. The van der Waals surface area contributed by atoms with Crippen molar-refractivity contribution in [1.82, 2.24) is 5.32 Å². The Kier molecular flexibility index (Phi) is 1.42. The Morgan fingerprint density at radius 2 is 2.20 bits per heavy atom. The van der Waals surface area contributed by atoms with Gasteiger partial charge in [-0.25, -0.2) is 4.39 Å². The van der Waals surface area contributed by atoms with Crippen molar-refractivity contribution in [1.29, 1.82) is 0 Å². The maximum Gasteiger partial charge on any atom is 0.127 e. The lowest BCUT2D eigenvalue weighted by atomic mass is 10.00. The summed E-state index contributed by atoms with van der Waals surface area (Å²) in [6.07, 6.45) is -1.10. The van der Waals surface area contributed by atoms with Crippen LogP contribution in [-0.2, 0) is 0 Å². The number of nitrogens with one attached hydrogen (secondary N) is 1. The molecule has 0 amide bonds. The largest absolute Gasteiger partial charge is 0.390 e. The second-order valence-corrected chi connectivity index (χ2v) is 3.32. The fraction of sp³-hybridized carbons (Fsp3) is 1.00. The number of alkyl halides is 1. The third-order valence-electron chi connectivity index (χ3n) is 2.73. The van der Waals surface area contributed by atoms with E-state index in [1.165, 1.54) is 0 Å². The van der Waals surface area contributed by atoms with Crippen LogP contribution in [0.3, 0.4) is 0 Å². The molecule has 2 N–H and O–H groups in total. The lowest BCUT2D eigenvalue weighted by Crippen LogP contribution is -2.26. The van der Waals surface area contributed by atoms with Gasteiger partial charge in [0.25, 0.3) is 0 Å². The van der Waals surface area contributed by atoms with E-state index in [0.29, 0.717) is 12.3 Å². The summed E-state index contributed by atoms with van der Waals surface area (Å²) in [7, 11) is 0. The third-order valence-corrected chi connectivity index (χ3v) is 2.73. The highest BCUT2D eigenvalue weighted by atomic mass is 19.1. The highest BCUT2D eigenvalue weighted by molar-refractivity contribution is 4.96. The molecule has 0 aromatic carbocycles. The van der Waals surface area contributed by atoms with E-state index in [4.69, 9.17) is 0 Å². The molecule has 4 atom stereocenters. The summed E-state index contributed by atoms with van der Waals surface area (Å²) in [5.74, 6) is 0.583. The van der Waals surface area contributed by atoms with E-state index in [0.717, 1.165) is 13.1 Å². The predicted molar refractivity (Wildman–Crippen MR) is 35.4 cm³/mol. The molecule has 3 heteroatoms. The van der Waals surface area contributed by atoms with Gasteiger partial charge in [0.2, 0.25) is 0 Å². The van der Waals surface area contributed by atoms with Gasteiger partial charge in [0.15, 0.2) is 0 Å². The molecule has 10 heavy (non-hydrogen) atoms. The molecule has 0 unspecified atom stereocenters. The lowest BCUT2D eigenvalue weighted by Gasteiger charge is -2.11. The maximum absolute atomic E-state index is 12.8. The zero-order chi connectivity index (χ0) is 7.14. The van der Waals surface area contributed by atoms with Crippen LogP contribution in [0.1, 0.15) is 6.42 Å². The van der Waals surface area contributed by atoms with Crippen LogP contribution in [-0.4, -0.2) is 30.5 Å². The Balaban J connectivity index is 2.09. The van der Waals surface area contributed by atoms with Crippen molar-refractivity contribution in [3.63, 3.8) is 0 Å². The molecule has 0 aromatic rings. The molecular formula is C7H12FNO. The highest BCUT2D eigenvalue weighted by Gasteiger charge is 2.44. The van der Waals surface area contributed by atoms with Crippen LogP contribution in [0.15, 0.2) is 0 Å². The van der Waals surface area contributed by atoms with Gasteiger partial charge >= 0.3 is 0 Å². The number of rotatable bonds is 0. The molecule has 58 valence electrons. The van der Waals surface area contributed by atoms with Crippen LogP contribution in [0.25, 0.3) is 0 Å². The van der Waals surface area contributed by atoms with Crippen molar-refractivity contribution in [2.24, 2.45) is 11.8 Å². The summed E-state index contributed by atoms with van der Waals surface area (Å²) in [5.41, 5.74) is 0. The second kappa shape index (κ2) is 2.17. The fourth-order valence-corrected chi connectivity index (χ4v) is 2.11. The van der Waals surface area contributed by atoms with Gasteiger partial charge in [0.05, 0.1) is 6.10 Å².